The molecule has 0 amide bonds. The molecule has 1 saturated heterocycles. The highest BCUT2D eigenvalue weighted by atomic mass is 32.1. The first-order chi connectivity index (χ1) is 9.76. The summed E-state index contributed by atoms with van der Waals surface area (Å²) in [6.07, 6.45) is 1.69. The van der Waals surface area contributed by atoms with E-state index in [1.165, 1.54) is 0 Å². The van der Waals surface area contributed by atoms with Crippen LogP contribution >= 0.6 is 11.3 Å². The third-order valence-electron chi connectivity index (χ3n) is 3.09. The SMILES string of the molecule is COc1ccnc(N2CCO[C@@H](c3nc(C)cs3)C2)n1. The van der Waals surface area contributed by atoms with Gasteiger partial charge in [0.2, 0.25) is 11.8 Å². The Balaban J connectivity index is 1.77. The van der Waals surface area contributed by atoms with Crippen LogP contribution in [0.3, 0.4) is 0 Å². The number of aromatic nitrogens is 3. The number of ether oxygens (including phenoxy) is 2. The van der Waals surface area contributed by atoms with Crippen LogP contribution in [0.5, 0.6) is 5.88 Å². The van der Waals surface area contributed by atoms with Crippen molar-refractivity contribution in [3.05, 3.63) is 28.3 Å². The summed E-state index contributed by atoms with van der Waals surface area (Å²) in [5.74, 6) is 1.24. The van der Waals surface area contributed by atoms with E-state index >= 15 is 0 Å². The van der Waals surface area contributed by atoms with Crippen LogP contribution in [0.1, 0.15) is 16.8 Å². The minimum Gasteiger partial charge on any atom is -0.481 e. The number of morpholine rings is 1. The molecule has 1 aliphatic rings. The lowest BCUT2D eigenvalue weighted by Crippen LogP contribution is -2.39. The molecule has 1 atom stereocenters. The van der Waals surface area contributed by atoms with E-state index in [-0.39, 0.29) is 6.10 Å². The summed E-state index contributed by atoms with van der Waals surface area (Å²) in [4.78, 5) is 15.3. The molecule has 106 valence electrons. The van der Waals surface area contributed by atoms with Crippen molar-refractivity contribution < 1.29 is 9.47 Å². The zero-order valence-electron chi connectivity index (χ0n) is 11.4. The predicted molar refractivity (Wildman–Crippen MR) is 76.3 cm³/mol. The maximum atomic E-state index is 5.81. The highest BCUT2D eigenvalue weighted by Crippen LogP contribution is 2.27. The molecule has 0 aliphatic carbocycles. The Bertz CT molecular complexity index is 589. The van der Waals surface area contributed by atoms with Crippen molar-refractivity contribution >= 4 is 17.3 Å². The minimum absolute atomic E-state index is 0.0164. The van der Waals surface area contributed by atoms with Crippen LogP contribution in [-0.4, -0.2) is 41.8 Å². The highest BCUT2D eigenvalue weighted by molar-refractivity contribution is 7.09. The Hall–Kier alpha value is -1.73. The van der Waals surface area contributed by atoms with E-state index in [2.05, 4.69) is 19.9 Å². The molecule has 20 heavy (non-hydrogen) atoms. The van der Waals surface area contributed by atoms with Gasteiger partial charge in [-0.3, -0.25) is 0 Å². The zero-order chi connectivity index (χ0) is 13.9. The summed E-state index contributed by atoms with van der Waals surface area (Å²) in [5, 5.41) is 3.05. The van der Waals surface area contributed by atoms with Crippen molar-refractivity contribution in [3.63, 3.8) is 0 Å². The second-order valence-corrected chi connectivity index (χ2v) is 5.42. The Labute approximate surface area is 121 Å². The summed E-state index contributed by atoms with van der Waals surface area (Å²) in [7, 11) is 1.60. The van der Waals surface area contributed by atoms with Crippen molar-refractivity contribution in [2.75, 3.05) is 31.7 Å². The third kappa shape index (κ3) is 2.73. The van der Waals surface area contributed by atoms with Gasteiger partial charge in [0.15, 0.2) is 0 Å². The van der Waals surface area contributed by atoms with Crippen LogP contribution in [0.15, 0.2) is 17.6 Å². The fourth-order valence-electron chi connectivity index (χ4n) is 2.10. The summed E-state index contributed by atoms with van der Waals surface area (Å²) in [5.41, 5.74) is 1.03. The van der Waals surface area contributed by atoms with Gasteiger partial charge in [-0.1, -0.05) is 0 Å². The molecule has 2 aromatic rings. The van der Waals surface area contributed by atoms with Gasteiger partial charge in [-0.15, -0.1) is 11.3 Å². The van der Waals surface area contributed by atoms with Crippen LogP contribution in [0, 0.1) is 6.92 Å². The Morgan fingerprint density at radius 1 is 1.45 bits per heavy atom. The summed E-state index contributed by atoms with van der Waals surface area (Å²) < 4.78 is 10.9. The topological polar surface area (TPSA) is 60.4 Å². The second-order valence-electron chi connectivity index (χ2n) is 4.53. The number of nitrogens with zero attached hydrogens (tertiary/aromatic N) is 4. The maximum absolute atomic E-state index is 5.81. The number of methoxy groups -OCH3 is 1. The molecule has 1 fully saturated rings. The number of hydrogen-bond donors (Lipinski definition) is 0. The summed E-state index contributed by atoms with van der Waals surface area (Å²) in [6.45, 7) is 4.11. The lowest BCUT2D eigenvalue weighted by Gasteiger charge is -2.31. The van der Waals surface area contributed by atoms with Crippen molar-refractivity contribution in [3.8, 4) is 5.88 Å². The van der Waals surface area contributed by atoms with E-state index in [1.807, 2.05) is 12.3 Å². The van der Waals surface area contributed by atoms with Crippen molar-refractivity contribution in [2.24, 2.45) is 0 Å². The van der Waals surface area contributed by atoms with Crippen molar-refractivity contribution in [1.29, 1.82) is 0 Å². The average molecular weight is 292 g/mol. The van der Waals surface area contributed by atoms with Gasteiger partial charge in [-0.2, -0.15) is 4.98 Å². The molecule has 0 unspecified atom stereocenters. The lowest BCUT2D eigenvalue weighted by atomic mass is 10.3. The third-order valence-corrected chi connectivity index (χ3v) is 4.14. The number of hydrogen-bond acceptors (Lipinski definition) is 7. The standard InChI is InChI=1S/C13H16N4O2S/c1-9-8-20-12(15-9)10-7-17(5-6-19-10)13-14-4-3-11(16-13)18-2/h3-4,8,10H,5-7H2,1-2H3/t10-/m1/s1. The molecule has 0 aromatic carbocycles. The molecule has 2 aromatic heterocycles. The van der Waals surface area contributed by atoms with E-state index < -0.39 is 0 Å². The van der Waals surface area contributed by atoms with Gasteiger partial charge in [0.25, 0.3) is 0 Å². The van der Waals surface area contributed by atoms with Crippen molar-refractivity contribution in [1.82, 2.24) is 15.0 Å². The average Bonchev–Trinajstić information content (AvgIpc) is 2.94. The normalized spacial score (nSPS) is 19.1. The minimum atomic E-state index is -0.0164. The van der Waals surface area contributed by atoms with Gasteiger partial charge >= 0.3 is 0 Å². The summed E-state index contributed by atoms with van der Waals surface area (Å²) in [6, 6.07) is 1.74. The quantitative estimate of drug-likeness (QED) is 0.860. The van der Waals surface area contributed by atoms with Crippen molar-refractivity contribution in [2.45, 2.75) is 13.0 Å². The summed E-state index contributed by atoms with van der Waals surface area (Å²) >= 11 is 1.63. The smallest absolute Gasteiger partial charge is 0.228 e. The molecule has 1 aliphatic heterocycles. The van der Waals surface area contributed by atoms with Crippen LogP contribution < -0.4 is 9.64 Å². The second kappa shape index (κ2) is 5.72. The zero-order valence-corrected chi connectivity index (χ0v) is 12.3. The lowest BCUT2D eigenvalue weighted by molar-refractivity contribution is 0.0390. The first kappa shape index (κ1) is 13.3. The highest BCUT2D eigenvalue weighted by Gasteiger charge is 2.25. The molecule has 0 spiro atoms. The van der Waals surface area contributed by atoms with Gasteiger partial charge in [0, 0.05) is 29.9 Å². The van der Waals surface area contributed by atoms with Crippen LogP contribution in [-0.2, 0) is 4.74 Å². The molecular formula is C13H16N4O2S. The Kier molecular flexibility index (Phi) is 3.79. The molecule has 7 heteroatoms. The Morgan fingerprint density at radius 3 is 3.10 bits per heavy atom. The maximum Gasteiger partial charge on any atom is 0.228 e. The van der Waals surface area contributed by atoms with Gasteiger partial charge in [0.1, 0.15) is 11.1 Å². The largest absolute Gasteiger partial charge is 0.481 e. The van der Waals surface area contributed by atoms with E-state index in [0.29, 0.717) is 25.0 Å². The van der Waals surface area contributed by atoms with Crippen LogP contribution in [0.2, 0.25) is 0 Å². The number of aryl methyl sites for hydroxylation is 1. The van der Waals surface area contributed by atoms with Crippen LogP contribution in [0.25, 0.3) is 0 Å². The van der Waals surface area contributed by atoms with E-state index in [1.54, 1.807) is 30.7 Å². The molecular weight excluding hydrogens is 276 g/mol. The van der Waals surface area contributed by atoms with Gasteiger partial charge in [0.05, 0.1) is 20.3 Å². The fourth-order valence-corrected chi connectivity index (χ4v) is 2.93. The van der Waals surface area contributed by atoms with E-state index in [0.717, 1.165) is 17.2 Å². The van der Waals surface area contributed by atoms with Gasteiger partial charge in [-0.05, 0) is 6.92 Å². The fraction of sp³-hybridized carbons (Fsp3) is 0.462. The molecule has 3 rings (SSSR count). The predicted octanol–water partition coefficient (Wildman–Crippen LogP) is 1.83. The first-order valence-corrected chi connectivity index (χ1v) is 7.30. The molecule has 0 saturated carbocycles. The molecule has 0 N–H and O–H groups in total. The van der Waals surface area contributed by atoms with Gasteiger partial charge < -0.3 is 14.4 Å². The van der Waals surface area contributed by atoms with Gasteiger partial charge in [-0.25, -0.2) is 9.97 Å². The monoisotopic (exact) mass is 292 g/mol. The van der Waals surface area contributed by atoms with Crippen LogP contribution in [0.4, 0.5) is 5.95 Å². The molecule has 0 radical (unpaired) electrons. The Morgan fingerprint density at radius 2 is 2.35 bits per heavy atom. The molecule has 0 bridgehead atoms. The van der Waals surface area contributed by atoms with E-state index in [4.69, 9.17) is 9.47 Å². The number of thiazole rings is 1. The molecule has 3 heterocycles. The number of anilines is 1. The molecule has 6 nitrogen and oxygen atoms in total. The van der Waals surface area contributed by atoms with E-state index in [9.17, 15) is 0 Å². The first-order valence-electron chi connectivity index (χ1n) is 6.42. The number of rotatable bonds is 3.